The highest BCUT2D eigenvalue weighted by atomic mass is 16.6. The standard InChI is InChI=1S/C48H66N2O9/c1-29(2)14-13-19-46(8)20-18-33-40(57-46)32(16-15-30(3)4)42-36(41(33)56-27-12-11-26-51)39(52)37-38(50-24-22-49(9)23-25-50)34-28-35-45(6,7)59-47(43(34)53,48(35,37)58-42)21-17-31(5)44(54)55-10/h14-15,17-18,20,34-35,37-38,51H,11-13,16,19,21-28H2,1-10H3/b31-17-. The summed E-state index contributed by atoms with van der Waals surface area (Å²) in [6, 6.07) is -0.422. The lowest BCUT2D eigenvalue weighted by Gasteiger charge is -2.65. The Morgan fingerprint density at radius 1 is 0.966 bits per heavy atom. The van der Waals surface area contributed by atoms with Crippen LogP contribution >= 0.6 is 0 Å². The molecule has 1 N–H and O–H groups in total. The fraction of sp³-hybridized carbons (Fsp3) is 0.646. The second kappa shape index (κ2) is 16.3. The number of carbonyl (C=O) groups is 3. The molecule has 3 saturated carbocycles. The van der Waals surface area contributed by atoms with Crippen LogP contribution in [-0.4, -0.2) is 114 Å². The van der Waals surface area contributed by atoms with Crippen LogP contribution in [0, 0.1) is 17.8 Å². The summed E-state index contributed by atoms with van der Waals surface area (Å²) in [5, 5.41) is 9.67. The number of fused-ring (bicyclic) bond motifs is 2. The Hall–Kier alpha value is -3.77. The Balaban J connectivity index is 1.51. The van der Waals surface area contributed by atoms with Crippen molar-refractivity contribution in [2.24, 2.45) is 17.8 Å². The third-order valence-corrected chi connectivity index (χ3v) is 14.0. The number of carbonyl (C=O) groups excluding carboxylic acids is 3. The maximum absolute atomic E-state index is 16.3. The summed E-state index contributed by atoms with van der Waals surface area (Å²) in [6.45, 7) is 19.4. The summed E-state index contributed by atoms with van der Waals surface area (Å²) in [5.74, 6) is -0.842. The van der Waals surface area contributed by atoms with Crippen LogP contribution in [0.3, 0.4) is 0 Å². The maximum Gasteiger partial charge on any atom is 0.333 e. The van der Waals surface area contributed by atoms with Crippen LogP contribution < -0.4 is 14.2 Å². The van der Waals surface area contributed by atoms with Crippen LogP contribution in [0.25, 0.3) is 6.08 Å². The van der Waals surface area contributed by atoms with Crippen molar-refractivity contribution >= 4 is 23.6 Å². The number of allylic oxidation sites excluding steroid dienone is 4. The van der Waals surface area contributed by atoms with E-state index >= 15 is 9.59 Å². The van der Waals surface area contributed by atoms with Crippen LogP contribution in [-0.2, 0) is 25.5 Å². The van der Waals surface area contributed by atoms with E-state index in [0.717, 1.165) is 37.1 Å². The van der Waals surface area contributed by atoms with Crippen molar-refractivity contribution < 1.29 is 43.2 Å². The third-order valence-electron chi connectivity index (χ3n) is 14.0. The van der Waals surface area contributed by atoms with Gasteiger partial charge in [-0.15, -0.1) is 0 Å². The summed E-state index contributed by atoms with van der Waals surface area (Å²) >= 11 is 0. The minimum Gasteiger partial charge on any atom is -0.492 e. The van der Waals surface area contributed by atoms with Crippen LogP contribution in [0.2, 0.25) is 0 Å². The second-order valence-corrected chi connectivity index (χ2v) is 19.0. The molecule has 1 aromatic carbocycles. The summed E-state index contributed by atoms with van der Waals surface area (Å²) in [5.41, 5.74) is 0.0439. The lowest BCUT2D eigenvalue weighted by atomic mass is 9.44. The molecule has 7 atom stereocenters. The first-order valence-corrected chi connectivity index (χ1v) is 21.7. The molecule has 0 radical (unpaired) electrons. The average molecular weight is 815 g/mol. The lowest BCUT2D eigenvalue weighted by Crippen LogP contribution is -2.82. The molecular formula is C48H66N2O9. The van der Waals surface area contributed by atoms with Crippen molar-refractivity contribution in [2.75, 3.05) is 53.6 Å². The molecule has 11 heteroatoms. The summed E-state index contributed by atoms with van der Waals surface area (Å²) in [7, 11) is 3.44. The number of esters is 1. The molecular weight excluding hydrogens is 749 g/mol. The van der Waals surface area contributed by atoms with Crippen molar-refractivity contribution in [3.8, 4) is 17.2 Å². The normalized spacial score (nSPS) is 31.7. The van der Waals surface area contributed by atoms with Gasteiger partial charge in [-0.1, -0.05) is 29.4 Å². The molecule has 1 spiro atoms. The second-order valence-electron chi connectivity index (χ2n) is 19.0. The van der Waals surface area contributed by atoms with Gasteiger partial charge in [-0.2, -0.15) is 0 Å². The van der Waals surface area contributed by atoms with Crippen molar-refractivity contribution in [3.63, 3.8) is 0 Å². The number of ether oxygens (including phenoxy) is 5. The fourth-order valence-electron chi connectivity index (χ4n) is 11.0. The third kappa shape index (κ3) is 7.21. The molecule has 4 aliphatic heterocycles. The van der Waals surface area contributed by atoms with Gasteiger partial charge in [-0.3, -0.25) is 14.5 Å². The zero-order valence-electron chi connectivity index (χ0n) is 37.0. The number of nitrogens with zero attached hydrogens (tertiary/aromatic N) is 2. The maximum atomic E-state index is 16.3. The predicted molar refractivity (Wildman–Crippen MR) is 227 cm³/mol. The van der Waals surface area contributed by atoms with Gasteiger partial charge < -0.3 is 33.7 Å². The van der Waals surface area contributed by atoms with Gasteiger partial charge in [0.2, 0.25) is 0 Å². The number of rotatable bonds is 14. The quantitative estimate of drug-likeness (QED) is 0.0898. The molecule has 322 valence electrons. The number of ketones is 2. The fourth-order valence-corrected chi connectivity index (χ4v) is 11.0. The first-order valence-electron chi connectivity index (χ1n) is 21.7. The molecule has 7 aliphatic rings. The highest BCUT2D eigenvalue weighted by Crippen LogP contribution is 2.71. The summed E-state index contributed by atoms with van der Waals surface area (Å²) in [6.07, 6.45) is 13.9. The van der Waals surface area contributed by atoms with Gasteiger partial charge >= 0.3 is 5.97 Å². The molecule has 1 aromatic rings. The number of methoxy groups -OCH3 is 1. The van der Waals surface area contributed by atoms with E-state index in [4.69, 9.17) is 23.7 Å². The number of aliphatic hydroxyl groups is 1. The first kappa shape index (κ1) is 43.3. The minimum atomic E-state index is -1.56. The zero-order valence-corrected chi connectivity index (χ0v) is 37.0. The number of piperazine rings is 1. The summed E-state index contributed by atoms with van der Waals surface area (Å²) in [4.78, 5) is 49.2. The molecule has 4 heterocycles. The van der Waals surface area contributed by atoms with E-state index in [-0.39, 0.29) is 37.1 Å². The van der Waals surface area contributed by atoms with Gasteiger partial charge in [0.05, 0.1) is 30.8 Å². The Kier molecular flexibility index (Phi) is 11.9. The van der Waals surface area contributed by atoms with Crippen LogP contribution in [0.5, 0.6) is 17.2 Å². The highest BCUT2D eigenvalue weighted by Gasteiger charge is 2.86. The van der Waals surface area contributed by atoms with Crippen molar-refractivity contribution in [1.82, 2.24) is 9.80 Å². The Labute approximate surface area is 350 Å². The number of Topliss-reactive ketones (excluding diaryl/α,β-unsaturated/α-hetero) is 2. The number of likely N-dealkylation sites (N-methyl/N-ethyl adjacent to an activating group) is 1. The highest BCUT2D eigenvalue weighted by molar-refractivity contribution is 6.10. The molecule has 0 aromatic heterocycles. The smallest absolute Gasteiger partial charge is 0.333 e. The Morgan fingerprint density at radius 3 is 2.34 bits per heavy atom. The first-order chi connectivity index (χ1) is 27.9. The minimum absolute atomic E-state index is 0.0339. The van der Waals surface area contributed by atoms with Crippen molar-refractivity contribution in [1.29, 1.82) is 0 Å². The van der Waals surface area contributed by atoms with Gasteiger partial charge in [-0.05, 0) is 113 Å². The van der Waals surface area contributed by atoms with E-state index in [9.17, 15) is 9.90 Å². The lowest BCUT2D eigenvalue weighted by molar-refractivity contribution is -0.214. The van der Waals surface area contributed by atoms with Gasteiger partial charge in [0.15, 0.2) is 22.8 Å². The largest absolute Gasteiger partial charge is 0.492 e. The molecule has 4 bridgehead atoms. The molecule has 5 fully saturated rings. The van der Waals surface area contributed by atoms with Crippen molar-refractivity contribution in [2.45, 2.75) is 129 Å². The number of hydrogen-bond donors (Lipinski definition) is 1. The van der Waals surface area contributed by atoms with Crippen LogP contribution in [0.1, 0.15) is 115 Å². The molecule has 0 amide bonds. The topological polar surface area (TPSA) is 124 Å². The molecule has 8 rings (SSSR count). The molecule has 3 aliphatic carbocycles. The predicted octanol–water partition coefficient (Wildman–Crippen LogP) is 7.08. The molecule has 59 heavy (non-hydrogen) atoms. The molecule has 11 nitrogen and oxygen atoms in total. The van der Waals surface area contributed by atoms with E-state index < -0.39 is 46.3 Å². The van der Waals surface area contributed by atoms with E-state index in [1.807, 2.05) is 27.7 Å². The monoisotopic (exact) mass is 814 g/mol. The van der Waals surface area contributed by atoms with Gasteiger partial charge in [0.25, 0.3) is 0 Å². The Bertz CT molecular complexity index is 1980. The van der Waals surface area contributed by atoms with Crippen LogP contribution in [0.15, 0.2) is 41.0 Å². The average Bonchev–Trinajstić information content (AvgIpc) is 3.33. The number of unbranched alkanes of at least 4 members (excludes halogenated alkanes) is 1. The Morgan fingerprint density at radius 2 is 1.68 bits per heavy atom. The number of aliphatic hydroxyl groups excluding tert-OH is 1. The molecule has 2 saturated heterocycles. The van der Waals surface area contributed by atoms with Crippen molar-refractivity contribution in [3.05, 3.63) is 57.7 Å². The van der Waals surface area contributed by atoms with Crippen LogP contribution in [0.4, 0.5) is 0 Å². The SMILES string of the molecule is COC(=O)/C(C)=C\CC12OC(C)(C)C3CC(C1=O)C(N1CCN(C)CC1)C1C(=O)c4c(OCCCCO)c5c(c(CC=C(C)C)c4OC132)OC(C)(CCC=C(C)C)C=C5. The number of benzene rings is 1. The molecule has 7 unspecified atom stereocenters. The van der Waals surface area contributed by atoms with E-state index in [1.54, 1.807) is 13.0 Å². The zero-order chi connectivity index (χ0) is 42.7. The van der Waals surface area contributed by atoms with Gasteiger partial charge in [0.1, 0.15) is 28.4 Å². The van der Waals surface area contributed by atoms with Gasteiger partial charge in [0, 0.05) is 68.2 Å². The summed E-state index contributed by atoms with van der Waals surface area (Å²) < 4.78 is 33.9. The van der Waals surface area contributed by atoms with E-state index in [1.165, 1.54) is 12.7 Å². The van der Waals surface area contributed by atoms with E-state index in [0.29, 0.717) is 72.7 Å². The van der Waals surface area contributed by atoms with E-state index in [2.05, 4.69) is 61.9 Å². The van der Waals surface area contributed by atoms with Gasteiger partial charge in [-0.25, -0.2) is 4.79 Å². The number of hydrogen-bond acceptors (Lipinski definition) is 11.